The molecule has 0 radical (unpaired) electrons. The maximum Gasteiger partial charge on any atom is 0.320 e. The van der Waals surface area contributed by atoms with Gasteiger partial charge in [-0.05, 0) is 25.2 Å². The number of esters is 1. The van der Waals surface area contributed by atoms with Crippen LogP contribution in [0, 0.1) is 23.2 Å². The molecule has 0 aromatic rings. The zero-order chi connectivity index (χ0) is 13.8. The fourth-order valence-electron chi connectivity index (χ4n) is 4.47. The predicted molar refractivity (Wildman–Crippen MR) is 68.3 cm³/mol. The summed E-state index contributed by atoms with van der Waals surface area (Å²) in [6, 6.07) is 0. The molecule has 0 aromatic carbocycles. The average Bonchev–Trinajstić information content (AvgIpc) is 2.90. The minimum Gasteiger partial charge on any atom is -0.481 e. The van der Waals surface area contributed by atoms with Gasteiger partial charge in [0.15, 0.2) is 0 Å². The average molecular weight is 264 g/mol. The highest BCUT2D eigenvalue weighted by molar-refractivity contribution is 5.89. The summed E-state index contributed by atoms with van der Waals surface area (Å²) < 4.78 is 5.61. The van der Waals surface area contributed by atoms with Crippen molar-refractivity contribution in [3.8, 4) is 0 Å². The second-order valence-electron chi connectivity index (χ2n) is 6.30. The lowest BCUT2D eigenvalue weighted by atomic mass is 9.59. The number of aliphatic carboxylic acids is 1. The summed E-state index contributed by atoms with van der Waals surface area (Å²) in [6.07, 6.45) is 7.42. The lowest BCUT2D eigenvalue weighted by Gasteiger charge is -2.56. The van der Waals surface area contributed by atoms with E-state index in [9.17, 15) is 14.7 Å². The Morgan fingerprint density at radius 1 is 1.58 bits per heavy atom. The van der Waals surface area contributed by atoms with Gasteiger partial charge in [0, 0.05) is 5.92 Å². The molecule has 2 bridgehead atoms. The second-order valence-corrected chi connectivity index (χ2v) is 6.30. The Bertz CT molecular complexity index is 469. The highest BCUT2D eigenvalue weighted by Crippen LogP contribution is 2.68. The Kier molecular flexibility index (Phi) is 2.57. The number of hydrogen-bond acceptors (Lipinski definition) is 3. The second kappa shape index (κ2) is 3.84. The molecule has 19 heavy (non-hydrogen) atoms. The van der Waals surface area contributed by atoms with Crippen molar-refractivity contribution in [3.63, 3.8) is 0 Å². The normalized spacial score (nSPS) is 41.4. The van der Waals surface area contributed by atoms with Crippen LogP contribution in [0.15, 0.2) is 12.2 Å². The topological polar surface area (TPSA) is 63.6 Å². The van der Waals surface area contributed by atoms with Gasteiger partial charge in [0.2, 0.25) is 0 Å². The van der Waals surface area contributed by atoms with E-state index in [1.54, 1.807) is 6.92 Å². The zero-order valence-electron chi connectivity index (χ0n) is 11.4. The third-order valence-electron chi connectivity index (χ3n) is 5.39. The van der Waals surface area contributed by atoms with E-state index in [0.717, 1.165) is 25.7 Å². The molecule has 4 nitrogen and oxygen atoms in total. The van der Waals surface area contributed by atoms with Crippen molar-refractivity contribution in [3.05, 3.63) is 12.2 Å². The van der Waals surface area contributed by atoms with E-state index >= 15 is 0 Å². The van der Waals surface area contributed by atoms with E-state index in [0.29, 0.717) is 5.92 Å². The van der Waals surface area contributed by atoms with Crippen LogP contribution in [0.3, 0.4) is 0 Å². The fraction of sp³-hybridized carbons (Fsp3) is 0.733. The molecule has 3 rings (SSSR count). The number of allylic oxidation sites excluding steroid dienone is 1. The van der Waals surface area contributed by atoms with Gasteiger partial charge in [-0.15, -0.1) is 0 Å². The molecule has 104 valence electrons. The van der Waals surface area contributed by atoms with Gasteiger partial charge in [0.05, 0.1) is 5.92 Å². The summed E-state index contributed by atoms with van der Waals surface area (Å²) in [4.78, 5) is 23.3. The minimum absolute atomic E-state index is 0.0809. The first-order valence-electron chi connectivity index (χ1n) is 7.12. The molecular formula is C15H20O4. The molecule has 2 fully saturated rings. The van der Waals surface area contributed by atoms with Gasteiger partial charge in [-0.2, -0.15) is 0 Å². The quantitative estimate of drug-likeness (QED) is 0.611. The zero-order valence-corrected chi connectivity index (χ0v) is 11.4. The Hall–Kier alpha value is -1.32. The van der Waals surface area contributed by atoms with Crippen LogP contribution in [0.1, 0.15) is 39.5 Å². The first-order valence-corrected chi connectivity index (χ1v) is 7.12. The fourth-order valence-corrected chi connectivity index (χ4v) is 4.47. The van der Waals surface area contributed by atoms with Crippen LogP contribution in [0.4, 0.5) is 0 Å². The molecule has 1 aliphatic heterocycles. The van der Waals surface area contributed by atoms with E-state index in [2.05, 4.69) is 13.0 Å². The van der Waals surface area contributed by atoms with Gasteiger partial charge in [-0.1, -0.05) is 32.4 Å². The number of hydrogen-bond donors (Lipinski definition) is 1. The van der Waals surface area contributed by atoms with E-state index in [1.165, 1.54) is 0 Å². The summed E-state index contributed by atoms with van der Waals surface area (Å²) in [5, 5.41) is 9.34. The lowest BCUT2D eigenvalue weighted by Crippen LogP contribution is -2.67. The van der Waals surface area contributed by atoms with Crippen molar-refractivity contribution in [1.29, 1.82) is 0 Å². The number of ether oxygens (including phenoxy) is 1. The largest absolute Gasteiger partial charge is 0.481 e. The third kappa shape index (κ3) is 1.35. The van der Waals surface area contributed by atoms with Crippen molar-refractivity contribution < 1.29 is 19.4 Å². The molecule has 1 N–H and O–H groups in total. The van der Waals surface area contributed by atoms with Crippen molar-refractivity contribution in [2.45, 2.75) is 45.1 Å². The summed E-state index contributed by atoms with van der Waals surface area (Å²) in [5.74, 6) is -1.12. The Labute approximate surface area is 112 Å². The molecule has 1 saturated carbocycles. The molecule has 2 aliphatic carbocycles. The van der Waals surface area contributed by atoms with Crippen LogP contribution in [0.25, 0.3) is 0 Å². The molecule has 1 heterocycles. The van der Waals surface area contributed by atoms with E-state index in [1.807, 2.05) is 6.08 Å². The molecule has 5 unspecified atom stereocenters. The monoisotopic (exact) mass is 264 g/mol. The molecule has 1 spiro atoms. The molecule has 0 aromatic heterocycles. The standard InChI is InChI=1S/C15H20O4/c1-3-4-11(9(2)12(16)17)15-8-10-5-6-14(15,7-10)13(18)19-15/h5-6,9-11H,3-4,7-8H2,1-2H3,(H,16,17). The van der Waals surface area contributed by atoms with Crippen molar-refractivity contribution in [1.82, 2.24) is 0 Å². The summed E-state index contributed by atoms with van der Waals surface area (Å²) in [7, 11) is 0. The molecule has 0 amide bonds. The van der Waals surface area contributed by atoms with Crippen LogP contribution in [0.2, 0.25) is 0 Å². The van der Waals surface area contributed by atoms with E-state index < -0.39 is 22.9 Å². The number of carboxylic acid groups (broad SMARTS) is 1. The van der Waals surface area contributed by atoms with Crippen LogP contribution in [0.5, 0.6) is 0 Å². The number of carboxylic acids is 1. The summed E-state index contributed by atoms with van der Waals surface area (Å²) in [6.45, 7) is 3.79. The Morgan fingerprint density at radius 2 is 2.32 bits per heavy atom. The van der Waals surface area contributed by atoms with Crippen molar-refractivity contribution in [2.24, 2.45) is 23.2 Å². The Morgan fingerprint density at radius 3 is 2.84 bits per heavy atom. The third-order valence-corrected chi connectivity index (χ3v) is 5.39. The molecule has 4 heteroatoms. The predicted octanol–water partition coefficient (Wildman–Crippen LogP) is 2.39. The Balaban J connectivity index is 1.97. The highest BCUT2D eigenvalue weighted by atomic mass is 16.6. The first-order chi connectivity index (χ1) is 8.97. The first kappa shape index (κ1) is 12.7. The number of carbonyl (C=O) groups is 2. The molecule has 1 saturated heterocycles. The SMILES string of the molecule is CCCC(C(C)C(=O)O)C12CC3C=CC1(C3)C(=O)O2. The smallest absolute Gasteiger partial charge is 0.320 e. The molecular weight excluding hydrogens is 244 g/mol. The van der Waals surface area contributed by atoms with Crippen LogP contribution in [-0.2, 0) is 14.3 Å². The van der Waals surface area contributed by atoms with Crippen LogP contribution >= 0.6 is 0 Å². The summed E-state index contributed by atoms with van der Waals surface area (Å²) in [5.41, 5.74) is -1.06. The van der Waals surface area contributed by atoms with E-state index in [4.69, 9.17) is 4.74 Å². The highest BCUT2D eigenvalue weighted by Gasteiger charge is 2.76. The maximum absolute atomic E-state index is 12.0. The lowest BCUT2D eigenvalue weighted by molar-refractivity contribution is -0.245. The van der Waals surface area contributed by atoms with Gasteiger partial charge in [-0.25, -0.2) is 0 Å². The van der Waals surface area contributed by atoms with Crippen LogP contribution in [-0.4, -0.2) is 22.6 Å². The van der Waals surface area contributed by atoms with Crippen LogP contribution < -0.4 is 0 Å². The molecule has 3 aliphatic rings. The van der Waals surface area contributed by atoms with Gasteiger partial charge >= 0.3 is 11.9 Å². The minimum atomic E-state index is -0.794. The van der Waals surface area contributed by atoms with Gasteiger partial charge in [-0.3, -0.25) is 9.59 Å². The van der Waals surface area contributed by atoms with E-state index in [-0.39, 0.29) is 11.9 Å². The van der Waals surface area contributed by atoms with Gasteiger partial charge < -0.3 is 9.84 Å². The number of carbonyl (C=O) groups excluding carboxylic acids is 1. The van der Waals surface area contributed by atoms with Crippen molar-refractivity contribution in [2.75, 3.05) is 0 Å². The maximum atomic E-state index is 12.0. The summed E-state index contributed by atoms with van der Waals surface area (Å²) >= 11 is 0. The van der Waals surface area contributed by atoms with Gasteiger partial charge in [0.25, 0.3) is 0 Å². The van der Waals surface area contributed by atoms with Gasteiger partial charge in [0.1, 0.15) is 11.0 Å². The number of rotatable bonds is 5. The molecule has 5 atom stereocenters. The van der Waals surface area contributed by atoms with Crippen molar-refractivity contribution >= 4 is 11.9 Å². The number of fused-ring (bicyclic) bond motifs is 1.